The number of aliphatic hydroxyl groups excluding tert-OH is 1. The lowest BCUT2D eigenvalue weighted by molar-refractivity contribution is 0.00870. The van der Waals surface area contributed by atoms with Crippen molar-refractivity contribution in [2.45, 2.75) is 19.3 Å². The predicted molar refractivity (Wildman–Crippen MR) is 74.4 cm³/mol. The van der Waals surface area contributed by atoms with Gasteiger partial charge in [0.15, 0.2) is 0 Å². The maximum absolute atomic E-state index is 12.4. The van der Waals surface area contributed by atoms with Gasteiger partial charge < -0.3 is 14.7 Å². The highest BCUT2D eigenvalue weighted by molar-refractivity contribution is 5.92. The third-order valence-corrected chi connectivity index (χ3v) is 4.05. The van der Waals surface area contributed by atoms with Crippen molar-refractivity contribution in [3.8, 4) is 0 Å². The lowest BCUT2D eigenvalue weighted by Crippen LogP contribution is -2.48. The number of rotatable bonds is 5. The molecule has 2 rings (SSSR count). The molecule has 1 unspecified atom stereocenters. The molecule has 0 radical (unpaired) electrons. The summed E-state index contributed by atoms with van der Waals surface area (Å²) < 4.78 is 6.75. The summed E-state index contributed by atoms with van der Waals surface area (Å²) in [6.07, 6.45) is 4.37. The number of aliphatic hydroxyl groups is 1. The first-order valence-corrected chi connectivity index (χ1v) is 6.99. The Morgan fingerprint density at radius 3 is 3.00 bits per heavy atom. The van der Waals surface area contributed by atoms with Crippen molar-refractivity contribution < 1.29 is 14.6 Å². The van der Waals surface area contributed by atoms with E-state index >= 15 is 0 Å². The third kappa shape index (κ3) is 3.19. The fraction of sp³-hybridized carbons (Fsp3) is 0.714. The molecule has 2 heterocycles. The van der Waals surface area contributed by atoms with Gasteiger partial charge in [0.25, 0.3) is 5.91 Å². The van der Waals surface area contributed by atoms with E-state index in [9.17, 15) is 9.90 Å². The van der Waals surface area contributed by atoms with E-state index in [1.165, 1.54) is 0 Å². The molecule has 6 heteroatoms. The highest BCUT2D eigenvalue weighted by Gasteiger charge is 2.37. The topological polar surface area (TPSA) is 67.6 Å². The van der Waals surface area contributed by atoms with Crippen molar-refractivity contribution in [3.63, 3.8) is 0 Å². The molecule has 0 aromatic carbocycles. The lowest BCUT2D eigenvalue weighted by Gasteiger charge is -2.41. The summed E-state index contributed by atoms with van der Waals surface area (Å²) in [6.45, 7) is 1.99. The Balaban J connectivity index is 2.07. The summed E-state index contributed by atoms with van der Waals surface area (Å²) in [5.74, 6) is -0.0551. The van der Waals surface area contributed by atoms with Crippen LogP contribution in [0.2, 0.25) is 0 Å². The zero-order valence-electron chi connectivity index (χ0n) is 12.2. The van der Waals surface area contributed by atoms with Crippen LogP contribution in [0.25, 0.3) is 0 Å². The maximum Gasteiger partial charge on any atom is 0.274 e. The third-order valence-electron chi connectivity index (χ3n) is 4.05. The molecule has 0 bridgehead atoms. The standard InChI is InChI=1S/C14H23N3O3/c1-16-8-4-12(15-16)13(19)17-7-3-5-14(10-17,11-18)6-9-20-2/h4,8,18H,3,5-7,9-11H2,1-2H3. The zero-order chi connectivity index (χ0) is 14.6. The number of hydrogen-bond donors (Lipinski definition) is 1. The number of piperidine rings is 1. The van der Waals surface area contributed by atoms with Crippen LogP contribution in [0.15, 0.2) is 12.3 Å². The molecule has 6 nitrogen and oxygen atoms in total. The fourth-order valence-electron chi connectivity index (χ4n) is 2.80. The Morgan fingerprint density at radius 1 is 1.60 bits per heavy atom. The van der Waals surface area contributed by atoms with Crippen LogP contribution >= 0.6 is 0 Å². The minimum atomic E-state index is -0.237. The van der Waals surface area contributed by atoms with Gasteiger partial charge in [-0.05, 0) is 25.3 Å². The summed E-state index contributed by atoms with van der Waals surface area (Å²) >= 11 is 0. The summed E-state index contributed by atoms with van der Waals surface area (Å²) in [6, 6.07) is 1.73. The Morgan fingerprint density at radius 2 is 2.40 bits per heavy atom. The smallest absolute Gasteiger partial charge is 0.274 e. The number of carbonyl (C=O) groups is 1. The second kappa shape index (κ2) is 6.37. The van der Waals surface area contributed by atoms with Crippen LogP contribution in [0.5, 0.6) is 0 Å². The van der Waals surface area contributed by atoms with Crippen LogP contribution in [0.4, 0.5) is 0 Å². The van der Waals surface area contributed by atoms with Crippen molar-refractivity contribution in [2.24, 2.45) is 12.5 Å². The summed E-state index contributed by atoms with van der Waals surface area (Å²) in [4.78, 5) is 14.2. The number of ether oxygens (including phenoxy) is 1. The van der Waals surface area contributed by atoms with Crippen molar-refractivity contribution in [1.82, 2.24) is 14.7 Å². The van der Waals surface area contributed by atoms with Crippen LogP contribution in [0.1, 0.15) is 29.8 Å². The van der Waals surface area contributed by atoms with Gasteiger partial charge in [0.2, 0.25) is 0 Å². The Bertz CT molecular complexity index is 460. The molecule has 1 N–H and O–H groups in total. The molecule has 1 aliphatic heterocycles. The summed E-state index contributed by atoms with van der Waals surface area (Å²) in [7, 11) is 3.45. The molecular weight excluding hydrogens is 258 g/mol. The molecule has 0 aliphatic carbocycles. The molecule has 1 fully saturated rings. The van der Waals surface area contributed by atoms with Gasteiger partial charge >= 0.3 is 0 Å². The average Bonchev–Trinajstić information content (AvgIpc) is 2.91. The highest BCUT2D eigenvalue weighted by Crippen LogP contribution is 2.33. The van der Waals surface area contributed by atoms with E-state index in [0.29, 0.717) is 18.8 Å². The van der Waals surface area contributed by atoms with E-state index < -0.39 is 0 Å². The minimum Gasteiger partial charge on any atom is -0.396 e. The first kappa shape index (κ1) is 15.0. The summed E-state index contributed by atoms with van der Waals surface area (Å²) in [5.41, 5.74) is 0.228. The van der Waals surface area contributed by atoms with Gasteiger partial charge in [0.05, 0.1) is 6.61 Å². The minimum absolute atomic E-state index is 0.0551. The molecule has 1 aliphatic rings. The largest absolute Gasteiger partial charge is 0.396 e. The molecule has 1 amide bonds. The molecule has 20 heavy (non-hydrogen) atoms. The second-order valence-corrected chi connectivity index (χ2v) is 5.61. The predicted octanol–water partition coefficient (Wildman–Crippen LogP) is 0.671. The van der Waals surface area contributed by atoms with Crippen LogP contribution in [0.3, 0.4) is 0 Å². The Labute approximate surface area is 119 Å². The van der Waals surface area contributed by atoms with Gasteiger partial charge in [0.1, 0.15) is 5.69 Å². The van der Waals surface area contributed by atoms with Crippen molar-refractivity contribution in [3.05, 3.63) is 18.0 Å². The quantitative estimate of drug-likeness (QED) is 0.861. The molecule has 1 aromatic heterocycles. The van der Waals surface area contributed by atoms with Gasteiger partial charge in [-0.25, -0.2) is 0 Å². The monoisotopic (exact) mass is 281 g/mol. The van der Waals surface area contributed by atoms with Crippen molar-refractivity contribution in [1.29, 1.82) is 0 Å². The molecule has 1 saturated heterocycles. The molecule has 1 atom stereocenters. The van der Waals surface area contributed by atoms with Gasteiger partial charge in [-0.15, -0.1) is 0 Å². The number of carbonyl (C=O) groups excluding carboxylic acids is 1. The molecule has 112 valence electrons. The van der Waals surface area contributed by atoms with Gasteiger partial charge in [-0.2, -0.15) is 5.10 Å². The molecule has 1 aromatic rings. The second-order valence-electron chi connectivity index (χ2n) is 5.61. The molecular formula is C14H23N3O3. The number of methoxy groups -OCH3 is 1. The number of aromatic nitrogens is 2. The number of likely N-dealkylation sites (tertiary alicyclic amines) is 1. The van der Waals surface area contributed by atoms with E-state index in [2.05, 4.69) is 5.10 Å². The molecule has 0 saturated carbocycles. The van der Waals surface area contributed by atoms with Crippen LogP contribution in [-0.2, 0) is 11.8 Å². The van der Waals surface area contributed by atoms with E-state index in [-0.39, 0.29) is 17.9 Å². The van der Waals surface area contributed by atoms with Crippen molar-refractivity contribution in [2.75, 3.05) is 33.4 Å². The average molecular weight is 281 g/mol. The highest BCUT2D eigenvalue weighted by atomic mass is 16.5. The Kier molecular flexibility index (Phi) is 4.77. The van der Waals surface area contributed by atoms with Crippen LogP contribution in [-0.4, -0.2) is 59.1 Å². The fourth-order valence-corrected chi connectivity index (χ4v) is 2.80. The normalized spacial score (nSPS) is 23.1. The van der Waals surface area contributed by atoms with E-state index in [1.807, 2.05) is 0 Å². The maximum atomic E-state index is 12.4. The number of hydrogen-bond acceptors (Lipinski definition) is 4. The van der Waals surface area contributed by atoms with Crippen LogP contribution < -0.4 is 0 Å². The van der Waals surface area contributed by atoms with Crippen molar-refractivity contribution >= 4 is 5.91 Å². The lowest BCUT2D eigenvalue weighted by atomic mass is 9.78. The number of aryl methyl sites for hydroxylation is 1. The van der Waals surface area contributed by atoms with Crippen LogP contribution in [0, 0.1) is 5.41 Å². The van der Waals surface area contributed by atoms with Gasteiger partial charge in [-0.1, -0.05) is 0 Å². The van der Waals surface area contributed by atoms with E-state index in [0.717, 1.165) is 25.8 Å². The van der Waals surface area contributed by atoms with Gasteiger partial charge in [0, 0.05) is 45.5 Å². The SMILES string of the molecule is COCCC1(CO)CCCN(C(=O)c2ccn(C)n2)C1. The molecule has 0 spiro atoms. The Hall–Kier alpha value is -1.40. The van der Waals surface area contributed by atoms with Gasteiger partial charge in [-0.3, -0.25) is 9.48 Å². The van der Waals surface area contributed by atoms with E-state index in [1.54, 1.807) is 36.0 Å². The first-order chi connectivity index (χ1) is 9.60. The number of nitrogens with zero attached hydrogens (tertiary/aromatic N) is 3. The van der Waals surface area contributed by atoms with E-state index in [4.69, 9.17) is 4.74 Å². The zero-order valence-corrected chi connectivity index (χ0v) is 12.2. The first-order valence-electron chi connectivity index (χ1n) is 6.99. The number of amides is 1. The summed E-state index contributed by atoms with van der Waals surface area (Å²) in [5, 5.41) is 13.9.